The van der Waals surface area contributed by atoms with E-state index in [1.54, 1.807) is 31.2 Å². The zero-order valence-electron chi connectivity index (χ0n) is 10.8. The lowest BCUT2D eigenvalue weighted by molar-refractivity contribution is -0.119. The van der Waals surface area contributed by atoms with E-state index in [0.29, 0.717) is 11.4 Å². The zero-order valence-corrected chi connectivity index (χ0v) is 10.8. The lowest BCUT2D eigenvalue weighted by Crippen LogP contribution is -2.18. The van der Waals surface area contributed by atoms with E-state index in [1.807, 2.05) is 0 Å². The van der Waals surface area contributed by atoms with Crippen LogP contribution < -0.4 is 10.6 Å². The lowest BCUT2D eigenvalue weighted by Gasteiger charge is -2.12. The van der Waals surface area contributed by atoms with Crippen LogP contribution in [0.5, 0.6) is 0 Å². The highest BCUT2D eigenvalue weighted by Gasteiger charge is 2.09. The SMILES string of the molecule is COCC(=O)Nc1cccc(NC(=O)CC#N)c1C. The fourth-order valence-corrected chi connectivity index (χ4v) is 1.49. The predicted octanol–water partition coefficient (Wildman–Crippen LogP) is 1.43. The highest BCUT2D eigenvalue weighted by Crippen LogP contribution is 2.23. The van der Waals surface area contributed by atoms with Gasteiger partial charge < -0.3 is 15.4 Å². The summed E-state index contributed by atoms with van der Waals surface area (Å²) in [5.74, 6) is -0.655. The van der Waals surface area contributed by atoms with Crippen LogP contribution in [0.2, 0.25) is 0 Å². The Balaban J connectivity index is 2.83. The van der Waals surface area contributed by atoms with Crippen molar-refractivity contribution in [1.82, 2.24) is 0 Å². The van der Waals surface area contributed by atoms with Crippen LogP contribution in [0.1, 0.15) is 12.0 Å². The number of nitrogens with zero attached hydrogens (tertiary/aromatic N) is 1. The van der Waals surface area contributed by atoms with Gasteiger partial charge in [-0.25, -0.2) is 0 Å². The second-order valence-electron chi connectivity index (χ2n) is 3.84. The molecule has 0 spiro atoms. The third kappa shape index (κ3) is 4.41. The van der Waals surface area contributed by atoms with Gasteiger partial charge >= 0.3 is 0 Å². The van der Waals surface area contributed by atoms with Gasteiger partial charge in [0.2, 0.25) is 11.8 Å². The molecule has 0 heterocycles. The number of rotatable bonds is 5. The third-order valence-corrected chi connectivity index (χ3v) is 2.40. The molecule has 0 saturated heterocycles. The Morgan fingerprint density at radius 1 is 1.26 bits per heavy atom. The fourth-order valence-electron chi connectivity index (χ4n) is 1.49. The minimum absolute atomic E-state index is 0.0372. The first-order chi connectivity index (χ1) is 9.08. The molecular formula is C13H15N3O3. The van der Waals surface area contributed by atoms with E-state index < -0.39 is 0 Å². The molecule has 0 aromatic heterocycles. The number of carbonyl (C=O) groups excluding carboxylic acids is 2. The van der Waals surface area contributed by atoms with Crippen LogP contribution in [0.15, 0.2) is 18.2 Å². The number of nitriles is 1. The standard InChI is InChI=1S/C13H15N3O3/c1-9-10(15-12(17)6-7-14)4-3-5-11(9)16-13(18)8-19-2/h3-5H,6,8H2,1-2H3,(H,15,17)(H,16,18). The van der Waals surface area contributed by atoms with Gasteiger partial charge in [0.25, 0.3) is 0 Å². The van der Waals surface area contributed by atoms with E-state index in [0.717, 1.165) is 5.56 Å². The summed E-state index contributed by atoms with van der Waals surface area (Å²) in [7, 11) is 1.44. The van der Waals surface area contributed by atoms with Crippen molar-refractivity contribution in [3.63, 3.8) is 0 Å². The van der Waals surface area contributed by atoms with Crippen molar-refractivity contribution in [2.24, 2.45) is 0 Å². The van der Waals surface area contributed by atoms with Crippen LogP contribution in [0.3, 0.4) is 0 Å². The molecule has 100 valence electrons. The Labute approximate surface area is 111 Å². The lowest BCUT2D eigenvalue weighted by atomic mass is 10.1. The molecule has 19 heavy (non-hydrogen) atoms. The van der Waals surface area contributed by atoms with E-state index in [-0.39, 0.29) is 24.8 Å². The average molecular weight is 261 g/mol. The molecule has 0 atom stereocenters. The largest absolute Gasteiger partial charge is 0.375 e. The van der Waals surface area contributed by atoms with Gasteiger partial charge in [-0.2, -0.15) is 5.26 Å². The van der Waals surface area contributed by atoms with Crippen LogP contribution in [0, 0.1) is 18.3 Å². The first-order valence-corrected chi connectivity index (χ1v) is 5.63. The molecule has 0 aliphatic rings. The Hall–Kier alpha value is -2.39. The molecule has 6 nitrogen and oxygen atoms in total. The van der Waals surface area contributed by atoms with Crippen molar-refractivity contribution in [2.75, 3.05) is 24.4 Å². The summed E-state index contributed by atoms with van der Waals surface area (Å²) in [6.45, 7) is 1.73. The topological polar surface area (TPSA) is 91.2 Å². The summed E-state index contributed by atoms with van der Waals surface area (Å²) >= 11 is 0. The number of nitrogens with one attached hydrogen (secondary N) is 2. The average Bonchev–Trinajstić information content (AvgIpc) is 2.35. The minimum atomic E-state index is -0.383. The Morgan fingerprint density at radius 2 is 1.84 bits per heavy atom. The smallest absolute Gasteiger partial charge is 0.250 e. The molecule has 0 aliphatic carbocycles. The molecule has 0 unspecified atom stereocenters. The van der Waals surface area contributed by atoms with Gasteiger partial charge in [0.1, 0.15) is 13.0 Å². The minimum Gasteiger partial charge on any atom is -0.375 e. The van der Waals surface area contributed by atoms with E-state index in [1.165, 1.54) is 7.11 Å². The molecule has 1 aromatic carbocycles. The first kappa shape index (κ1) is 14.7. The number of anilines is 2. The van der Waals surface area contributed by atoms with E-state index in [9.17, 15) is 9.59 Å². The van der Waals surface area contributed by atoms with Gasteiger partial charge in [-0.1, -0.05) is 6.07 Å². The Kier molecular flexibility index (Phi) is 5.51. The number of benzene rings is 1. The molecule has 2 N–H and O–H groups in total. The summed E-state index contributed by atoms with van der Waals surface area (Å²) in [6.07, 6.45) is -0.209. The van der Waals surface area contributed by atoms with Crippen LogP contribution in [0.4, 0.5) is 11.4 Å². The van der Waals surface area contributed by atoms with Crippen molar-refractivity contribution in [1.29, 1.82) is 5.26 Å². The molecule has 6 heteroatoms. The van der Waals surface area contributed by atoms with Crippen molar-refractivity contribution in [3.8, 4) is 6.07 Å². The van der Waals surface area contributed by atoms with Crippen molar-refractivity contribution in [3.05, 3.63) is 23.8 Å². The predicted molar refractivity (Wildman–Crippen MR) is 70.5 cm³/mol. The van der Waals surface area contributed by atoms with Gasteiger partial charge in [0, 0.05) is 18.5 Å². The maximum atomic E-state index is 11.4. The Morgan fingerprint density at radius 3 is 2.37 bits per heavy atom. The quantitative estimate of drug-likeness (QED) is 0.838. The van der Waals surface area contributed by atoms with Gasteiger partial charge in [0.05, 0.1) is 6.07 Å². The molecule has 0 radical (unpaired) electrons. The van der Waals surface area contributed by atoms with Gasteiger partial charge in [-0.3, -0.25) is 9.59 Å². The number of methoxy groups -OCH3 is 1. The maximum Gasteiger partial charge on any atom is 0.250 e. The molecule has 0 fully saturated rings. The molecule has 2 amide bonds. The molecule has 0 bridgehead atoms. The second kappa shape index (κ2) is 7.13. The molecule has 1 aromatic rings. The fraction of sp³-hybridized carbons (Fsp3) is 0.308. The van der Waals surface area contributed by atoms with Crippen LogP contribution in [-0.2, 0) is 14.3 Å². The summed E-state index contributed by atoms with van der Waals surface area (Å²) in [4.78, 5) is 22.8. The van der Waals surface area contributed by atoms with Gasteiger partial charge in [-0.05, 0) is 24.6 Å². The maximum absolute atomic E-state index is 11.4. The van der Waals surface area contributed by atoms with Crippen LogP contribution in [-0.4, -0.2) is 25.5 Å². The molecule has 1 rings (SSSR count). The van der Waals surface area contributed by atoms with Gasteiger partial charge in [0.15, 0.2) is 0 Å². The normalized spacial score (nSPS) is 9.53. The first-order valence-electron chi connectivity index (χ1n) is 5.63. The van der Waals surface area contributed by atoms with E-state index >= 15 is 0 Å². The molecule has 0 aliphatic heterocycles. The Bertz CT molecular complexity index is 520. The second-order valence-corrected chi connectivity index (χ2v) is 3.84. The van der Waals surface area contributed by atoms with Gasteiger partial charge in [-0.15, -0.1) is 0 Å². The monoisotopic (exact) mass is 261 g/mol. The molecule has 0 saturated carbocycles. The summed E-state index contributed by atoms with van der Waals surface area (Å²) in [6, 6.07) is 6.91. The number of carbonyl (C=O) groups is 2. The highest BCUT2D eigenvalue weighted by molar-refractivity contribution is 5.96. The van der Waals surface area contributed by atoms with Crippen LogP contribution >= 0.6 is 0 Å². The van der Waals surface area contributed by atoms with Crippen molar-refractivity contribution < 1.29 is 14.3 Å². The third-order valence-electron chi connectivity index (χ3n) is 2.40. The number of hydrogen-bond acceptors (Lipinski definition) is 4. The van der Waals surface area contributed by atoms with Crippen LogP contribution in [0.25, 0.3) is 0 Å². The zero-order chi connectivity index (χ0) is 14.3. The number of ether oxygens (including phenoxy) is 1. The summed E-state index contributed by atoms with van der Waals surface area (Å²) in [5, 5.41) is 13.7. The summed E-state index contributed by atoms with van der Waals surface area (Å²) in [5.41, 5.74) is 1.88. The number of amides is 2. The van der Waals surface area contributed by atoms with E-state index in [4.69, 9.17) is 10.00 Å². The summed E-state index contributed by atoms with van der Waals surface area (Å²) < 4.78 is 4.72. The van der Waals surface area contributed by atoms with Crippen molar-refractivity contribution >= 4 is 23.2 Å². The van der Waals surface area contributed by atoms with Crippen molar-refractivity contribution in [2.45, 2.75) is 13.3 Å². The molecular weight excluding hydrogens is 246 g/mol. The van der Waals surface area contributed by atoms with E-state index in [2.05, 4.69) is 10.6 Å². The highest BCUT2D eigenvalue weighted by atomic mass is 16.5. The number of hydrogen-bond donors (Lipinski definition) is 2.